The van der Waals surface area contributed by atoms with Crippen molar-refractivity contribution >= 4 is 34.3 Å². The van der Waals surface area contributed by atoms with Crippen molar-refractivity contribution in [3.8, 4) is 17.2 Å². The van der Waals surface area contributed by atoms with E-state index < -0.39 is 0 Å². The molecule has 0 spiro atoms. The Bertz CT molecular complexity index is 1180. The fraction of sp³-hybridized carbons (Fsp3) is 0.130. The Kier molecular flexibility index (Phi) is 5.23. The van der Waals surface area contributed by atoms with Crippen LogP contribution in [0.1, 0.15) is 11.1 Å². The van der Waals surface area contributed by atoms with E-state index in [1.165, 1.54) is 5.56 Å². The fourth-order valence-electron chi connectivity index (χ4n) is 2.87. The number of hydrogen-bond donors (Lipinski definition) is 1. The van der Waals surface area contributed by atoms with Crippen LogP contribution >= 0.6 is 11.6 Å². The van der Waals surface area contributed by atoms with Crippen molar-refractivity contribution in [1.82, 2.24) is 4.98 Å². The van der Waals surface area contributed by atoms with Crippen molar-refractivity contribution in [2.45, 2.75) is 13.8 Å². The van der Waals surface area contributed by atoms with Crippen LogP contribution in [0.5, 0.6) is 5.75 Å². The molecule has 6 heteroatoms. The summed E-state index contributed by atoms with van der Waals surface area (Å²) in [6, 6.07) is 18.3. The Morgan fingerprint density at radius 2 is 1.83 bits per heavy atom. The van der Waals surface area contributed by atoms with E-state index in [0.717, 1.165) is 11.1 Å². The van der Waals surface area contributed by atoms with Crippen molar-refractivity contribution in [2.75, 3.05) is 11.9 Å². The lowest BCUT2D eigenvalue weighted by Crippen LogP contribution is -2.20. The molecule has 0 aliphatic carbocycles. The van der Waals surface area contributed by atoms with Crippen molar-refractivity contribution in [1.29, 1.82) is 0 Å². The van der Waals surface area contributed by atoms with Crippen molar-refractivity contribution in [3.63, 3.8) is 0 Å². The van der Waals surface area contributed by atoms with Crippen LogP contribution in [0.3, 0.4) is 0 Å². The van der Waals surface area contributed by atoms with Gasteiger partial charge in [0.2, 0.25) is 5.89 Å². The summed E-state index contributed by atoms with van der Waals surface area (Å²) in [5.74, 6) is 0.921. The fourth-order valence-corrected chi connectivity index (χ4v) is 3.00. The third-order valence-corrected chi connectivity index (χ3v) is 4.86. The molecule has 1 aromatic heterocycles. The van der Waals surface area contributed by atoms with E-state index in [9.17, 15) is 4.79 Å². The molecule has 0 radical (unpaired) electrons. The molecule has 29 heavy (non-hydrogen) atoms. The lowest BCUT2D eigenvalue weighted by molar-refractivity contribution is -0.118. The zero-order valence-corrected chi connectivity index (χ0v) is 16.8. The summed E-state index contributed by atoms with van der Waals surface area (Å²) in [6.45, 7) is 3.97. The quantitative estimate of drug-likeness (QED) is 0.456. The first-order valence-corrected chi connectivity index (χ1v) is 9.52. The van der Waals surface area contributed by atoms with Gasteiger partial charge in [-0.25, -0.2) is 4.98 Å². The molecular formula is C23H19ClN2O3. The third kappa shape index (κ3) is 4.41. The van der Waals surface area contributed by atoms with Gasteiger partial charge in [-0.3, -0.25) is 4.79 Å². The van der Waals surface area contributed by atoms with Crippen LogP contribution in [0.25, 0.3) is 22.6 Å². The predicted octanol–water partition coefficient (Wildman–Crippen LogP) is 5.78. The Morgan fingerprint density at radius 3 is 2.59 bits per heavy atom. The van der Waals surface area contributed by atoms with Gasteiger partial charge < -0.3 is 14.5 Å². The Morgan fingerprint density at radius 1 is 1.03 bits per heavy atom. The molecule has 4 rings (SSSR count). The Labute approximate surface area is 173 Å². The van der Waals surface area contributed by atoms with E-state index in [4.69, 9.17) is 20.8 Å². The smallest absolute Gasteiger partial charge is 0.262 e. The Balaban J connectivity index is 1.44. The van der Waals surface area contributed by atoms with E-state index in [0.29, 0.717) is 33.4 Å². The predicted molar refractivity (Wildman–Crippen MR) is 114 cm³/mol. The molecule has 0 fully saturated rings. The van der Waals surface area contributed by atoms with Crippen molar-refractivity contribution < 1.29 is 13.9 Å². The van der Waals surface area contributed by atoms with Crippen LogP contribution in [0, 0.1) is 13.8 Å². The number of aryl methyl sites for hydroxylation is 2. The summed E-state index contributed by atoms with van der Waals surface area (Å²) in [7, 11) is 0. The molecule has 0 aliphatic heterocycles. The van der Waals surface area contributed by atoms with Crippen molar-refractivity contribution in [3.05, 3.63) is 76.8 Å². The zero-order valence-electron chi connectivity index (χ0n) is 16.0. The molecule has 0 unspecified atom stereocenters. The number of benzene rings is 3. The average Bonchev–Trinajstić information content (AvgIpc) is 3.13. The molecule has 146 valence electrons. The number of carbonyl (C=O) groups is 1. The zero-order chi connectivity index (χ0) is 20.4. The highest BCUT2D eigenvalue weighted by Gasteiger charge is 2.10. The lowest BCUT2D eigenvalue weighted by atomic mass is 10.1. The van der Waals surface area contributed by atoms with E-state index in [-0.39, 0.29) is 12.5 Å². The number of nitrogens with one attached hydrogen (secondary N) is 1. The minimum atomic E-state index is -0.246. The Hall–Kier alpha value is -3.31. The summed E-state index contributed by atoms with van der Waals surface area (Å²) in [5, 5.41) is 3.47. The highest BCUT2D eigenvalue weighted by atomic mass is 35.5. The summed E-state index contributed by atoms with van der Waals surface area (Å²) < 4.78 is 11.4. The number of hydrogen-bond acceptors (Lipinski definition) is 4. The van der Waals surface area contributed by atoms with Crippen LogP contribution in [0.4, 0.5) is 5.69 Å². The SMILES string of the molecule is Cc1ccc(OCC(=O)Nc2ccc3oc(-c4ccc(Cl)cc4)nc3c2)cc1C. The molecule has 0 atom stereocenters. The molecular weight excluding hydrogens is 388 g/mol. The largest absolute Gasteiger partial charge is 0.484 e. The summed E-state index contributed by atoms with van der Waals surface area (Å²) in [4.78, 5) is 16.7. The number of amides is 1. The standard InChI is InChI=1S/C23H19ClN2O3/c1-14-3-9-19(11-15(14)2)28-13-22(27)25-18-8-10-21-20(12-18)26-23(29-21)16-4-6-17(24)7-5-16/h3-12H,13H2,1-2H3,(H,25,27). The van der Waals surface area contributed by atoms with Gasteiger partial charge in [0, 0.05) is 16.3 Å². The normalized spacial score (nSPS) is 10.9. The minimum Gasteiger partial charge on any atom is -0.484 e. The molecule has 0 saturated carbocycles. The van der Waals surface area contributed by atoms with Crippen molar-refractivity contribution in [2.24, 2.45) is 0 Å². The first kappa shape index (κ1) is 19.0. The van der Waals surface area contributed by atoms with E-state index >= 15 is 0 Å². The second-order valence-corrected chi connectivity index (χ2v) is 7.23. The number of oxazole rings is 1. The van der Waals surface area contributed by atoms with Crippen LogP contribution in [-0.2, 0) is 4.79 Å². The van der Waals surface area contributed by atoms with E-state index in [1.54, 1.807) is 30.3 Å². The average molecular weight is 407 g/mol. The summed E-state index contributed by atoms with van der Waals surface area (Å²) in [6.07, 6.45) is 0. The molecule has 1 heterocycles. The number of aromatic nitrogens is 1. The third-order valence-electron chi connectivity index (χ3n) is 4.61. The van der Waals surface area contributed by atoms with Gasteiger partial charge in [-0.1, -0.05) is 17.7 Å². The number of halogens is 1. The molecule has 1 N–H and O–H groups in total. The molecule has 0 saturated heterocycles. The second-order valence-electron chi connectivity index (χ2n) is 6.79. The van der Waals surface area contributed by atoms with Crippen LogP contribution in [-0.4, -0.2) is 17.5 Å². The maximum absolute atomic E-state index is 12.2. The molecule has 4 aromatic rings. The van der Waals surface area contributed by atoms with Gasteiger partial charge >= 0.3 is 0 Å². The summed E-state index contributed by atoms with van der Waals surface area (Å²) >= 11 is 5.92. The van der Waals surface area contributed by atoms with Crippen LogP contribution in [0.2, 0.25) is 5.02 Å². The second kappa shape index (κ2) is 7.97. The molecule has 5 nitrogen and oxygen atoms in total. The number of ether oxygens (including phenoxy) is 1. The number of anilines is 1. The van der Waals surface area contributed by atoms with Gasteiger partial charge in [-0.2, -0.15) is 0 Å². The first-order valence-electron chi connectivity index (χ1n) is 9.14. The summed E-state index contributed by atoms with van der Waals surface area (Å²) in [5.41, 5.74) is 5.05. The van der Waals surface area contributed by atoms with E-state index in [1.807, 2.05) is 44.2 Å². The van der Waals surface area contributed by atoms with Gasteiger partial charge in [0.25, 0.3) is 5.91 Å². The lowest BCUT2D eigenvalue weighted by Gasteiger charge is -2.09. The van der Waals surface area contributed by atoms with Gasteiger partial charge in [-0.15, -0.1) is 0 Å². The number of fused-ring (bicyclic) bond motifs is 1. The number of rotatable bonds is 5. The molecule has 1 amide bonds. The first-order chi connectivity index (χ1) is 14.0. The van der Waals surface area contributed by atoms with Gasteiger partial charge in [-0.05, 0) is 79.6 Å². The maximum Gasteiger partial charge on any atom is 0.262 e. The van der Waals surface area contributed by atoms with Gasteiger partial charge in [0.05, 0.1) is 0 Å². The number of carbonyl (C=O) groups excluding carboxylic acids is 1. The monoisotopic (exact) mass is 406 g/mol. The van der Waals surface area contributed by atoms with Gasteiger partial charge in [0.1, 0.15) is 11.3 Å². The van der Waals surface area contributed by atoms with Crippen LogP contribution < -0.4 is 10.1 Å². The molecule has 0 aliphatic rings. The number of nitrogens with zero attached hydrogens (tertiary/aromatic N) is 1. The molecule has 3 aromatic carbocycles. The maximum atomic E-state index is 12.2. The highest BCUT2D eigenvalue weighted by molar-refractivity contribution is 6.30. The molecule has 0 bridgehead atoms. The minimum absolute atomic E-state index is 0.0740. The topological polar surface area (TPSA) is 64.4 Å². The van der Waals surface area contributed by atoms with Crippen LogP contribution in [0.15, 0.2) is 65.1 Å². The van der Waals surface area contributed by atoms with E-state index in [2.05, 4.69) is 10.3 Å². The van der Waals surface area contributed by atoms with Gasteiger partial charge in [0.15, 0.2) is 12.2 Å². The highest BCUT2D eigenvalue weighted by Crippen LogP contribution is 2.27.